The molecule has 24 heavy (non-hydrogen) atoms. The summed E-state index contributed by atoms with van der Waals surface area (Å²) in [4.78, 5) is 21.9. The number of anilines is 1. The first-order valence-corrected chi connectivity index (χ1v) is 9.02. The van der Waals surface area contributed by atoms with E-state index >= 15 is 0 Å². The van der Waals surface area contributed by atoms with Crippen molar-refractivity contribution in [2.75, 3.05) is 24.6 Å². The molecule has 1 atom stereocenters. The smallest absolute Gasteiger partial charge is 0.232 e. The lowest BCUT2D eigenvalue weighted by atomic mass is 10.1. The normalized spacial score (nSPS) is 17.5. The van der Waals surface area contributed by atoms with Crippen molar-refractivity contribution in [3.63, 3.8) is 0 Å². The highest BCUT2D eigenvalue weighted by molar-refractivity contribution is 7.18. The number of hydrogen-bond acceptors (Lipinski definition) is 7. The quantitative estimate of drug-likeness (QED) is 0.711. The highest BCUT2D eigenvalue weighted by Gasteiger charge is 2.26. The number of thiophene rings is 1. The number of aromatic nitrogens is 4. The van der Waals surface area contributed by atoms with Gasteiger partial charge in [-0.1, -0.05) is 6.92 Å². The second-order valence-corrected chi connectivity index (χ2v) is 7.05. The maximum Gasteiger partial charge on any atom is 0.232 e. The predicted molar refractivity (Wildman–Crippen MR) is 94.6 cm³/mol. The molecular weight excluding hydrogens is 322 g/mol. The van der Waals surface area contributed by atoms with Gasteiger partial charge in [0.15, 0.2) is 0 Å². The summed E-state index contributed by atoms with van der Waals surface area (Å²) in [6, 6.07) is 2.23. The molecule has 0 saturated carbocycles. The Hall–Kier alpha value is -2.28. The van der Waals surface area contributed by atoms with Gasteiger partial charge in [0.25, 0.3) is 0 Å². The Morgan fingerprint density at radius 2 is 2.25 bits per heavy atom. The largest absolute Gasteiger partial charge is 0.476 e. The van der Waals surface area contributed by atoms with Crippen LogP contribution in [0.15, 0.2) is 31.0 Å². The molecule has 7 heteroatoms. The fourth-order valence-electron chi connectivity index (χ4n) is 3.04. The van der Waals surface area contributed by atoms with Crippen molar-refractivity contribution in [3.8, 4) is 5.88 Å². The molecule has 1 unspecified atom stereocenters. The van der Waals surface area contributed by atoms with Crippen LogP contribution in [-0.4, -0.2) is 39.6 Å². The first-order chi connectivity index (χ1) is 11.8. The average Bonchev–Trinajstić information content (AvgIpc) is 3.27. The molecule has 0 spiro atoms. The van der Waals surface area contributed by atoms with E-state index in [2.05, 4.69) is 37.8 Å². The SMILES string of the molecule is CCc1cc2c(N3CCC(COc4cnccn4)C3)ncnc2s1. The topological polar surface area (TPSA) is 64.0 Å². The van der Waals surface area contributed by atoms with Gasteiger partial charge in [-0.25, -0.2) is 15.0 Å². The zero-order chi connectivity index (χ0) is 16.4. The Kier molecular flexibility index (Phi) is 4.25. The summed E-state index contributed by atoms with van der Waals surface area (Å²) >= 11 is 1.76. The molecule has 0 amide bonds. The number of ether oxygens (including phenoxy) is 1. The van der Waals surface area contributed by atoms with Crippen molar-refractivity contribution in [1.82, 2.24) is 19.9 Å². The van der Waals surface area contributed by atoms with Gasteiger partial charge in [0.2, 0.25) is 5.88 Å². The van der Waals surface area contributed by atoms with Crippen LogP contribution in [0.4, 0.5) is 5.82 Å². The summed E-state index contributed by atoms with van der Waals surface area (Å²) in [5.41, 5.74) is 0. The van der Waals surface area contributed by atoms with E-state index in [1.807, 2.05) is 0 Å². The van der Waals surface area contributed by atoms with E-state index in [4.69, 9.17) is 4.74 Å². The molecule has 1 fully saturated rings. The fourth-order valence-corrected chi connectivity index (χ4v) is 3.97. The van der Waals surface area contributed by atoms with Crippen molar-refractivity contribution in [3.05, 3.63) is 35.9 Å². The molecule has 3 aromatic rings. The van der Waals surface area contributed by atoms with E-state index in [1.54, 1.807) is 36.3 Å². The highest BCUT2D eigenvalue weighted by Crippen LogP contribution is 2.33. The Morgan fingerprint density at radius 1 is 1.29 bits per heavy atom. The van der Waals surface area contributed by atoms with Gasteiger partial charge in [-0.2, -0.15) is 0 Å². The summed E-state index contributed by atoms with van der Waals surface area (Å²) in [5, 5.41) is 1.18. The summed E-state index contributed by atoms with van der Waals surface area (Å²) in [6.07, 6.45) is 8.76. The van der Waals surface area contributed by atoms with Crippen molar-refractivity contribution in [2.45, 2.75) is 19.8 Å². The highest BCUT2D eigenvalue weighted by atomic mass is 32.1. The van der Waals surface area contributed by atoms with Gasteiger partial charge >= 0.3 is 0 Å². The van der Waals surface area contributed by atoms with Crippen LogP contribution in [0.3, 0.4) is 0 Å². The molecule has 4 heterocycles. The van der Waals surface area contributed by atoms with Crippen molar-refractivity contribution in [1.29, 1.82) is 0 Å². The van der Waals surface area contributed by atoms with E-state index in [9.17, 15) is 0 Å². The minimum Gasteiger partial charge on any atom is -0.476 e. The van der Waals surface area contributed by atoms with Crippen LogP contribution in [0.2, 0.25) is 0 Å². The molecule has 4 rings (SSSR count). The van der Waals surface area contributed by atoms with Crippen LogP contribution in [0.1, 0.15) is 18.2 Å². The summed E-state index contributed by atoms with van der Waals surface area (Å²) in [6.45, 7) is 4.78. The van der Waals surface area contributed by atoms with E-state index in [1.165, 1.54) is 10.3 Å². The molecule has 0 bridgehead atoms. The molecule has 0 N–H and O–H groups in total. The Bertz CT molecular complexity index is 822. The van der Waals surface area contributed by atoms with Crippen LogP contribution in [-0.2, 0) is 6.42 Å². The molecular formula is C17H19N5OS. The van der Waals surface area contributed by atoms with Crippen molar-refractivity contribution < 1.29 is 4.74 Å². The lowest BCUT2D eigenvalue weighted by molar-refractivity contribution is 0.251. The minimum atomic E-state index is 0.473. The summed E-state index contributed by atoms with van der Waals surface area (Å²) in [5.74, 6) is 2.12. The van der Waals surface area contributed by atoms with Crippen molar-refractivity contribution >= 4 is 27.4 Å². The second-order valence-electron chi connectivity index (χ2n) is 5.94. The Morgan fingerprint density at radius 3 is 3.08 bits per heavy atom. The molecule has 0 aromatic carbocycles. The molecule has 1 aliphatic heterocycles. The zero-order valence-corrected chi connectivity index (χ0v) is 14.4. The number of fused-ring (bicyclic) bond motifs is 1. The lowest BCUT2D eigenvalue weighted by Gasteiger charge is -2.18. The van der Waals surface area contributed by atoms with Crippen LogP contribution >= 0.6 is 11.3 Å². The third-order valence-electron chi connectivity index (χ3n) is 4.30. The van der Waals surface area contributed by atoms with Crippen LogP contribution in [0.25, 0.3) is 10.2 Å². The fraction of sp³-hybridized carbons (Fsp3) is 0.412. The zero-order valence-electron chi connectivity index (χ0n) is 13.6. The monoisotopic (exact) mass is 341 g/mol. The molecule has 3 aromatic heterocycles. The Labute approximate surface area is 144 Å². The van der Waals surface area contributed by atoms with Gasteiger partial charge in [-0.15, -0.1) is 11.3 Å². The molecule has 1 saturated heterocycles. The van der Waals surface area contributed by atoms with Gasteiger partial charge in [-0.3, -0.25) is 4.98 Å². The van der Waals surface area contributed by atoms with Crippen molar-refractivity contribution in [2.24, 2.45) is 5.92 Å². The third kappa shape index (κ3) is 3.03. The molecule has 0 aliphatic carbocycles. The maximum absolute atomic E-state index is 5.75. The van der Waals surface area contributed by atoms with Crippen LogP contribution in [0, 0.1) is 5.92 Å². The van der Waals surface area contributed by atoms with E-state index in [0.29, 0.717) is 18.4 Å². The number of aryl methyl sites for hydroxylation is 1. The number of nitrogens with zero attached hydrogens (tertiary/aromatic N) is 5. The molecule has 124 valence electrons. The maximum atomic E-state index is 5.75. The molecule has 6 nitrogen and oxygen atoms in total. The number of hydrogen-bond donors (Lipinski definition) is 0. The van der Waals surface area contributed by atoms with E-state index < -0.39 is 0 Å². The van der Waals surface area contributed by atoms with Gasteiger partial charge in [0.05, 0.1) is 18.2 Å². The first kappa shape index (κ1) is 15.3. The van der Waals surface area contributed by atoms with E-state index in [-0.39, 0.29) is 0 Å². The summed E-state index contributed by atoms with van der Waals surface area (Å²) in [7, 11) is 0. The third-order valence-corrected chi connectivity index (χ3v) is 5.49. The lowest BCUT2D eigenvalue weighted by Crippen LogP contribution is -2.23. The predicted octanol–water partition coefficient (Wildman–Crippen LogP) is 2.95. The number of rotatable bonds is 5. The van der Waals surface area contributed by atoms with Gasteiger partial charge in [0, 0.05) is 36.3 Å². The van der Waals surface area contributed by atoms with E-state index in [0.717, 1.165) is 36.6 Å². The van der Waals surface area contributed by atoms with Gasteiger partial charge in [-0.05, 0) is 18.9 Å². The van der Waals surface area contributed by atoms with Crippen LogP contribution in [0.5, 0.6) is 5.88 Å². The minimum absolute atomic E-state index is 0.473. The molecule has 1 aliphatic rings. The first-order valence-electron chi connectivity index (χ1n) is 8.20. The van der Waals surface area contributed by atoms with Gasteiger partial charge < -0.3 is 9.64 Å². The van der Waals surface area contributed by atoms with Crippen LogP contribution < -0.4 is 9.64 Å². The average molecular weight is 341 g/mol. The Balaban J connectivity index is 1.46. The summed E-state index contributed by atoms with van der Waals surface area (Å²) < 4.78 is 5.75. The second kappa shape index (κ2) is 6.68. The van der Waals surface area contributed by atoms with Gasteiger partial charge in [0.1, 0.15) is 17.0 Å². The standard InChI is InChI=1S/C17H19N5OS/c1-2-13-7-14-16(20-11-21-17(14)24-13)22-6-3-12(9-22)10-23-15-8-18-4-5-19-15/h4-5,7-8,11-12H,2-3,6,9-10H2,1H3. The molecule has 0 radical (unpaired) electrons.